The van der Waals surface area contributed by atoms with Crippen molar-refractivity contribution < 1.29 is 27.8 Å². The van der Waals surface area contributed by atoms with Crippen molar-refractivity contribution in [2.75, 3.05) is 26.2 Å². The summed E-state index contributed by atoms with van der Waals surface area (Å²) >= 11 is 0. The maximum Gasteiger partial charge on any atom is 0.418 e. The molecule has 0 aliphatic carbocycles. The SMILES string of the molecule is C[C@H]1OCCN[C@@H]1C(=O)N1CCCC(O)(C(F)(F)F)C1.Cl. The van der Waals surface area contributed by atoms with Crippen LogP contribution in [0.3, 0.4) is 0 Å². The summed E-state index contributed by atoms with van der Waals surface area (Å²) in [5, 5.41) is 12.7. The predicted octanol–water partition coefficient (Wildman–Crippen LogP) is 0.701. The zero-order chi connectivity index (χ0) is 15.0. The number of hydrogen-bond acceptors (Lipinski definition) is 4. The molecule has 0 bridgehead atoms. The van der Waals surface area contributed by atoms with Crippen LogP contribution in [0.15, 0.2) is 0 Å². The van der Waals surface area contributed by atoms with Gasteiger partial charge < -0.3 is 20.1 Å². The summed E-state index contributed by atoms with van der Waals surface area (Å²) in [6, 6.07) is -0.653. The molecule has 0 spiro atoms. The summed E-state index contributed by atoms with van der Waals surface area (Å²) in [6.45, 7) is 2.17. The highest BCUT2D eigenvalue weighted by Gasteiger charge is 2.56. The van der Waals surface area contributed by atoms with Gasteiger partial charge >= 0.3 is 6.18 Å². The lowest BCUT2D eigenvalue weighted by molar-refractivity contribution is -0.273. The number of β-amino-alcohol motifs (C(OH)–C–C–N with tert-alkyl or cyclic N) is 1. The average molecular weight is 333 g/mol. The molecule has 5 nitrogen and oxygen atoms in total. The van der Waals surface area contributed by atoms with Crippen LogP contribution < -0.4 is 5.32 Å². The van der Waals surface area contributed by atoms with Crippen molar-refractivity contribution in [2.45, 2.75) is 43.7 Å². The van der Waals surface area contributed by atoms with E-state index < -0.39 is 36.4 Å². The predicted molar refractivity (Wildman–Crippen MR) is 71.3 cm³/mol. The molecule has 2 heterocycles. The number of aliphatic hydroxyl groups is 1. The molecular weight excluding hydrogens is 313 g/mol. The van der Waals surface area contributed by atoms with Crippen molar-refractivity contribution in [3.63, 3.8) is 0 Å². The topological polar surface area (TPSA) is 61.8 Å². The number of nitrogens with one attached hydrogen (secondary N) is 1. The van der Waals surface area contributed by atoms with Crippen LogP contribution in [0, 0.1) is 0 Å². The second-order valence-electron chi connectivity index (χ2n) is 5.40. The van der Waals surface area contributed by atoms with Crippen LogP contribution in [0.5, 0.6) is 0 Å². The van der Waals surface area contributed by atoms with Gasteiger partial charge in [-0.2, -0.15) is 13.2 Å². The minimum atomic E-state index is -4.73. The Morgan fingerprint density at radius 1 is 1.48 bits per heavy atom. The molecule has 0 aromatic carbocycles. The fraction of sp³-hybridized carbons (Fsp3) is 0.917. The largest absolute Gasteiger partial charge is 0.418 e. The van der Waals surface area contributed by atoms with Gasteiger partial charge in [-0.05, 0) is 19.8 Å². The third-order valence-electron chi connectivity index (χ3n) is 3.89. The van der Waals surface area contributed by atoms with Crippen molar-refractivity contribution in [3.8, 4) is 0 Å². The molecule has 0 saturated carbocycles. The summed E-state index contributed by atoms with van der Waals surface area (Å²) in [5.74, 6) is -0.445. The summed E-state index contributed by atoms with van der Waals surface area (Å²) in [5.41, 5.74) is -2.81. The zero-order valence-electron chi connectivity index (χ0n) is 11.7. The van der Waals surface area contributed by atoms with E-state index in [0.717, 1.165) is 4.90 Å². The van der Waals surface area contributed by atoms with E-state index in [1.165, 1.54) is 0 Å². The van der Waals surface area contributed by atoms with Crippen LogP contribution in [0.4, 0.5) is 13.2 Å². The molecular formula is C12H20ClF3N2O3. The number of ether oxygens (including phenoxy) is 1. The minimum absolute atomic E-state index is 0. The van der Waals surface area contributed by atoms with Crippen LogP contribution in [0.25, 0.3) is 0 Å². The fourth-order valence-corrected chi connectivity index (χ4v) is 2.66. The first-order valence-electron chi connectivity index (χ1n) is 6.67. The van der Waals surface area contributed by atoms with Crippen molar-refractivity contribution in [2.24, 2.45) is 0 Å². The molecule has 2 fully saturated rings. The van der Waals surface area contributed by atoms with Gasteiger partial charge in [0.05, 0.1) is 19.3 Å². The number of likely N-dealkylation sites (tertiary alicyclic amines) is 1. The number of rotatable bonds is 1. The Morgan fingerprint density at radius 2 is 2.14 bits per heavy atom. The molecule has 2 aliphatic rings. The van der Waals surface area contributed by atoms with E-state index in [1.807, 2.05) is 0 Å². The monoisotopic (exact) mass is 332 g/mol. The first-order valence-corrected chi connectivity index (χ1v) is 6.67. The number of nitrogens with zero attached hydrogens (tertiary/aromatic N) is 1. The van der Waals surface area contributed by atoms with Crippen LogP contribution in [0.1, 0.15) is 19.8 Å². The Morgan fingerprint density at radius 3 is 2.71 bits per heavy atom. The maximum absolute atomic E-state index is 12.9. The van der Waals surface area contributed by atoms with Gasteiger partial charge in [0, 0.05) is 13.1 Å². The highest BCUT2D eigenvalue weighted by molar-refractivity contribution is 5.85. The molecule has 2 aliphatic heterocycles. The van der Waals surface area contributed by atoms with Gasteiger partial charge in [0.2, 0.25) is 5.91 Å². The second-order valence-corrected chi connectivity index (χ2v) is 5.40. The lowest BCUT2D eigenvalue weighted by atomic mass is 9.91. The minimum Gasteiger partial charge on any atom is -0.379 e. The lowest BCUT2D eigenvalue weighted by Gasteiger charge is -2.42. The van der Waals surface area contributed by atoms with Gasteiger partial charge in [0.1, 0.15) is 6.04 Å². The summed E-state index contributed by atoms with van der Waals surface area (Å²) in [7, 11) is 0. The number of piperidine rings is 1. The second kappa shape index (κ2) is 6.68. The molecule has 1 amide bonds. The normalized spacial score (nSPS) is 34.2. The number of halogens is 4. The average Bonchev–Trinajstić information content (AvgIpc) is 2.37. The van der Waals surface area contributed by atoms with Crippen molar-refractivity contribution in [1.29, 1.82) is 0 Å². The number of alkyl halides is 3. The molecule has 2 N–H and O–H groups in total. The van der Waals surface area contributed by atoms with Gasteiger partial charge in [-0.1, -0.05) is 0 Å². The van der Waals surface area contributed by atoms with Crippen LogP contribution in [-0.4, -0.2) is 66.1 Å². The molecule has 1 unspecified atom stereocenters. The Hall–Kier alpha value is -0.570. The van der Waals surface area contributed by atoms with Crippen molar-refractivity contribution in [1.82, 2.24) is 10.2 Å². The molecule has 2 rings (SSSR count). The van der Waals surface area contributed by atoms with E-state index in [4.69, 9.17) is 4.74 Å². The van der Waals surface area contributed by atoms with E-state index in [0.29, 0.717) is 13.2 Å². The van der Waals surface area contributed by atoms with E-state index in [-0.39, 0.29) is 31.8 Å². The molecule has 0 radical (unpaired) electrons. The molecule has 21 heavy (non-hydrogen) atoms. The van der Waals surface area contributed by atoms with Gasteiger partial charge in [-0.25, -0.2) is 0 Å². The third kappa shape index (κ3) is 3.80. The molecule has 2 saturated heterocycles. The van der Waals surface area contributed by atoms with Gasteiger partial charge in [0.25, 0.3) is 0 Å². The number of morpholine rings is 1. The summed E-state index contributed by atoms with van der Waals surface area (Å²) in [6.07, 6.45) is -5.36. The van der Waals surface area contributed by atoms with Gasteiger partial charge in [-0.3, -0.25) is 4.79 Å². The van der Waals surface area contributed by atoms with E-state index in [1.54, 1.807) is 6.92 Å². The van der Waals surface area contributed by atoms with Gasteiger partial charge in [-0.15, -0.1) is 12.4 Å². The van der Waals surface area contributed by atoms with Crippen molar-refractivity contribution >= 4 is 18.3 Å². The smallest absolute Gasteiger partial charge is 0.379 e. The van der Waals surface area contributed by atoms with Crippen LogP contribution in [0.2, 0.25) is 0 Å². The Balaban J connectivity index is 0.00000220. The molecule has 9 heteroatoms. The van der Waals surface area contributed by atoms with Crippen LogP contribution in [-0.2, 0) is 9.53 Å². The Bertz CT molecular complexity index is 383. The summed E-state index contributed by atoms with van der Waals surface area (Å²) in [4.78, 5) is 13.4. The zero-order valence-corrected chi connectivity index (χ0v) is 12.5. The molecule has 0 aromatic heterocycles. The first kappa shape index (κ1) is 18.5. The fourth-order valence-electron chi connectivity index (χ4n) is 2.66. The highest BCUT2D eigenvalue weighted by Crippen LogP contribution is 2.37. The van der Waals surface area contributed by atoms with Crippen molar-refractivity contribution in [3.05, 3.63) is 0 Å². The Labute approximate surface area is 127 Å². The standard InChI is InChI=1S/C12H19F3N2O3.ClH/c1-8-9(16-4-6-20-8)10(18)17-5-2-3-11(19,7-17)12(13,14)15;/h8-9,16,19H,2-7H2,1H3;1H/t8-,9+,11?;/m1./s1. The van der Waals surface area contributed by atoms with Gasteiger partial charge in [0.15, 0.2) is 5.60 Å². The number of carbonyl (C=O) groups excluding carboxylic acids is 1. The third-order valence-corrected chi connectivity index (χ3v) is 3.89. The number of amides is 1. The summed E-state index contributed by atoms with van der Waals surface area (Å²) < 4.78 is 43.9. The first-order chi connectivity index (χ1) is 9.24. The van der Waals surface area contributed by atoms with E-state index in [9.17, 15) is 23.1 Å². The molecule has 0 aromatic rings. The maximum atomic E-state index is 12.9. The molecule has 124 valence electrons. The highest BCUT2D eigenvalue weighted by atomic mass is 35.5. The van der Waals surface area contributed by atoms with E-state index in [2.05, 4.69) is 5.32 Å². The van der Waals surface area contributed by atoms with E-state index >= 15 is 0 Å². The quantitative estimate of drug-likeness (QED) is 0.742. The lowest BCUT2D eigenvalue weighted by Crippen LogP contribution is -2.63. The van der Waals surface area contributed by atoms with Crippen LogP contribution >= 0.6 is 12.4 Å². The number of hydrogen-bond donors (Lipinski definition) is 2. The Kier molecular flexibility index (Phi) is 5.88. The molecule has 3 atom stereocenters. The number of carbonyl (C=O) groups is 1.